The van der Waals surface area contributed by atoms with Gasteiger partial charge in [0, 0.05) is 19.6 Å². The molecule has 1 aromatic heterocycles. The Morgan fingerprint density at radius 3 is 2.80 bits per heavy atom. The number of carbonyl (C=O) groups excluding carboxylic acids is 2. The molecule has 0 bridgehead atoms. The van der Waals surface area contributed by atoms with Crippen LogP contribution in [0.25, 0.3) is 0 Å². The lowest BCUT2D eigenvalue weighted by Gasteiger charge is -2.09. The molecular weight excluding hydrogens is 298 g/mol. The fourth-order valence-electron chi connectivity index (χ4n) is 2.02. The van der Waals surface area contributed by atoms with Gasteiger partial charge in [-0.3, -0.25) is 9.59 Å². The Hall–Kier alpha value is -1.11. The molecule has 1 aliphatic heterocycles. The predicted octanol–water partition coefficient (Wildman–Crippen LogP) is 1.02. The zero-order chi connectivity index (χ0) is 13.5. The van der Waals surface area contributed by atoms with E-state index in [0.717, 1.165) is 30.8 Å². The standard InChI is InChI=1S/C13H19N3O2S.ClH/c17-12(10-4-7-14-9-10)15-5-2-6-16-13(18)11-3-1-8-19-11;/h1,3,8,10,14H,2,4-7,9H2,(H,15,17)(H,16,18);1H. The van der Waals surface area contributed by atoms with Crippen molar-refractivity contribution in [3.63, 3.8) is 0 Å². The summed E-state index contributed by atoms with van der Waals surface area (Å²) in [6.07, 6.45) is 1.67. The van der Waals surface area contributed by atoms with Crippen molar-refractivity contribution in [3.05, 3.63) is 22.4 Å². The molecule has 2 amide bonds. The van der Waals surface area contributed by atoms with Gasteiger partial charge in [-0.05, 0) is 30.8 Å². The van der Waals surface area contributed by atoms with Crippen LogP contribution in [0.5, 0.6) is 0 Å². The first kappa shape index (κ1) is 16.9. The van der Waals surface area contributed by atoms with Crippen molar-refractivity contribution < 1.29 is 9.59 Å². The van der Waals surface area contributed by atoms with E-state index in [1.165, 1.54) is 11.3 Å². The summed E-state index contributed by atoms with van der Waals surface area (Å²) >= 11 is 1.43. The van der Waals surface area contributed by atoms with Crippen molar-refractivity contribution in [2.24, 2.45) is 5.92 Å². The zero-order valence-corrected chi connectivity index (χ0v) is 12.8. The van der Waals surface area contributed by atoms with Gasteiger partial charge in [0.15, 0.2) is 0 Å². The molecule has 0 saturated carbocycles. The van der Waals surface area contributed by atoms with Crippen molar-refractivity contribution >= 4 is 35.6 Å². The maximum atomic E-state index is 11.7. The quantitative estimate of drug-likeness (QED) is 0.686. The van der Waals surface area contributed by atoms with Gasteiger partial charge < -0.3 is 16.0 Å². The summed E-state index contributed by atoms with van der Waals surface area (Å²) in [6, 6.07) is 3.66. The van der Waals surface area contributed by atoms with Crippen LogP contribution in [0.1, 0.15) is 22.5 Å². The molecule has 1 atom stereocenters. The maximum absolute atomic E-state index is 11.7. The molecule has 5 nitrogen and oxygen atoms in total. The van der Waals surface area contributed by atoms with Gasteiger partial charge in [-0.2, -0.15) is 0 Å². The van der Waals surface area contributed by atoms with Crippen molar-refractivity contribution in [2.45, 2.75) is 12.8 Å². The molecule has 2 rings (SSSR count). The molecule has 0 aromatic carbocycles. The topological polar surface area (TPSA) is 70.2 Å². The van der Waals surface area contributed by atoms with Crippen LogP contribution in [0.3, 0.4) is 0 Å². The van der Waals surface area contributed by atoms with E-state index < -0.39 is 0 Å². The fraction of sp³-hybridized carbons (Fsp3) is 0.538. The first-order chi connectivity index (χ1) is 9.27. The van der Waals surface area contributed by atoms with E-state index in [9.17, 15) is 9.59 Å². The highest BCUT2D eigenvalue weighted by Gasteiger charge is 2.21. The minimum atomic E-state index is -0.0404. The van der Waals surface area contributed by atoms with E-state index in [1.54, 1.807) is 6.07 Å². The number of hydrogen-bond donors (Lipinski definition) is 3. The molecule has 7 heteroatoms. The summed E-state index contributed by atoms with van der Waals surface area (Å²) in [5.74, 6) is 0.191. The first-order valence-electron chi connectivity index (χ1n) is 6.57. The molecule has 20 heavy (non-hydrogen) atoms. The average Bonchev–Trinajstić information content (AvgIpc) is 3.10. The Bertz CT molecular complexity index is 419. The highest BCUT2D eigenvalue weighted by Crippen LogP contribution is 2.08. The lowest BCUT2D eigenvalue weighted by molar-refractivity contribution is -0.124. The minimum Gasteiger partial charge on any atom is -0.356 e. The lowest BCUT2D eigenvalue weighted by atomic mass is 10.1. The average molecular weight is 318 g/mol. The smallest absolute Gasteiger partial charge is 0.261 e. The van der Waals surface area contributed by atoms with Gasteiger partial charge in [-0.1, -0.05) is 6.07 Å². The number of halogens is 1. The van der Waals surface area contributed by atoms with Crippen molar-refractivity contribution in [2.75, 3.05) is 26.2 Å². The zero-order valence-electron chi connectivity index (χ0n) is 11.2. The Kier molecular flexibility index (Phi) is 7.58. The monoisotopic (exact) mass is 317 g/mol. The van der Waals surface area contributed by atoms with E-state index in [2.05, 4.69) is 16.0 Å². The summed E-state index contributed by atoms with van der Waals surface area (Å²) in [4.78, 5) is 24.0. The summed E-state index contributed by atoms with van der Waals surface area (Å²) in [6.45, 7) is 2.90. The Morgan fingerprint density at radius 2 is 2.15 bits per heavy atom. The van der Waals surface area contributed by atoms with Crippen LogP contribution in [0.2, 0.25) is 0 Å². The highest BCUT2D eigenvalue weighted by molar-refractivity contribution is 7.12. The second kappa shape index (κ2) is 8.94. The molecule has 0 spiro atoms. The van der Waals surface area contributed by atoms with E-state index >= 15 is 0 Å². The third-order valence-corrected chi connectivity index (χ3v) is 3.98. The van der Waals surface area contributed by atoms with Gasteiger partial charge >= 0.3 is 0 Å². The number of carbonyl (C=O) groups is 2. The number of hydrogen-bond acceptors (Lipinski definition) is 4. The Labute approximate surface area is 128 Å². The summed E-state index contributed by atoms with van der Waals surface area (Å²) in [5, 5.41) is 10.8. The molecular formula is C13H20ClN3O2S. The summed E-state index contributed by atoms with van der Waals surface area (Å²) in [7, 11) is 0. The first-order valence-corrected chi connectivity index (χ1v) is 7.45. The van der Waals surface area contributed by atoms with Crippen molar-refractivity contribution in [3.8, 4) is 0 Å². The van der Waals surface area contributed by atoms with E-state index in [1.807, 2.05) is 11.4 Å². The van der Waals surface area contributed by atoms with Crippen molar-refractivity contribution in [1.82, 2.24) is 16.0 Å². The third kappa shape index (κ3) is 5.11. The Balaban J connectivity index is 0.00000200. The number of amides is 2. The highest BCUT2D eigenvalue weighted by atomic mass is 35.5. The predicted molar refractivity (Wildman–Crippen MR) is 82.5 cm³/mol. The van der Waals surface area contributed by atoms with Gasteiger partial charge in [-0.25, -0.2) is 0 Å². The van der Waals surface area contributed by atoms with Gasteiger partial charge in [-0.15, -0.1) is 23.7 Å². The molecule has 112 valence electrons. The number of nitrogens with one attached hydrogen (secondary N) is 3. The molecule has 1 unspecified atom stereocenters. The van der Waals surface area contributed by atoms with E-state index in [-0.39, 0.29) is 30.1 Å². The second-order valence-electron chi connectivity index (χ2n) is 4.57. The third-order valence-electron chi connectivity index (χ3n) is 3.11. The molecule has 1 fully saturated rings. The van der Waals surface area contributed by atoms with Gasteiger partial charge in [0.05, 0.1) is 10.8 Å². The Morgan fingerprint density at radius 1 is 1.35 bits per heavy atom. The molecule has 1 aromatic rings. The normalized spacial score (nSPS) is 17.3. The van der Waals surface area contributed by atoms with Gasteiger partial charge in [0.2, 0.25) is 5.91 Å². The molecule has 2 heterocycles. The number of rotatable bonds is 6. The fourth-order valence-corrected chi connectivity index (χ4v) is 2.66. The van der Waals surface area contributed by atoms with Gasteiger partial charge in [0.1, 0.15) is 0 Å². The molecule has 0 radical (unpaired) electrons. The number of thiophene rings is 1. The van der Waals surface area contributed by atoms with Gasteiger partial charge in [0.25, 0.3) is 5.91 Å². The second-order valence-corrected chi connectivity index (χ2v) is 5.52. The molecule has 0 aliphatic carbocycles. The minimum absolute atomic E-state index is 0. The molecule has 3 N–H and O–H groups in total. The van der Waals surface area contributed by atoms with Crippen LogP contribution >= 0.6 is 23.7 Å². The van der Waals surface area contributed by atoms with E-state index in [0.29, 0.717) is 13.1 Å². The molecule has 1 saturated heterocycles. The van der Waals surface area contributed by atoms with Crippen LogP contribution in [0.15, 0.2) is 17.5 Å². The van der Waals surface area contributed by atoms with Crippen LogP contribution in [-0.2, 0) is 4.79 Å². The largest absolute Gasteiger partial charge is 0.356 e. The summed E-state index contributed by atoms with van der Waals surface area (Å²) < 4.78 is 0. The van der Waals surface area contributed by atoms with Crippen LogP contribution in [-0.4, -0.2) is 38.0 Å². The lowest BCUT2D eigenvalue weighted by Crippen LogP contribution is -2.34. The van der Waals surface area contributed by atoms with Crippen LogP contribution in [0, 0.1) is 5.92 Å². The van der Waals surface area contributed by atoms with Crippen LogP contribution in [0.4, 0.5) is 0 Å². The maximum Gasteiger partial charge on any atom is 0.261 e. The van der Waals surface area contributed by atoms with E-state index in [4.69, 9.17) is 0 Å². The molecule has 1 aliphatic rings. The van der Waals surface area contributed by atoms with Crippen LogP contribution < -0.4 is 16.0 Å². The summed E-state index contributed by atoms with van der Waals surface area (Å²) in [5.41, 5.74) is 0. The SMILES string of the molecule is Cl.O=C(NCCCNC(=O)C1CCNC1)c1cccs1. The van der Waals surface area contributed by atoms with Crippen molar-refractivity contribution in [1.29, 1.82) is 0 Å².